The summed E-state index contributed by atoms with van der Waals surface area (Å²) in [7, 11) is 0. The zero-order chi connectivity index (χ0) is 12.5. The number of aromatic nitrogens is 1. The Hall–Kier alpha value is -0.900. The van der Waals surface area contributed by atoms with E-state index in [-0.39, 0.29) is 0 Å². The molecule has 1 fully saturated rings. The highest BCUT2D eigenvalue weighted by Crippen LogP contribution is 2.36. The van der Waals surface area contributed by atoms with Crippen LogP contribution in [-0.2, 0) is 0 Å². The number of carbonyl (C=O) groups excluding carboxylic acids is 1. The maximum Gasteiger partial charge on any atom is 0.185 e. The second-order valence-electron chi connectivity index (χ2n) is 5.79. The summed E-state index contributed by atoms with van der Waals surface area (Å²) in [4.78, 5) is 18.0. The van der Waals surface area contributed by atoms with E-state index in [1.807, 2.05) is 0 Å². The number of hydrogen-bond acceptors (Lipinski definition) is 4. The molecule has 0 amide bonds. The van der Waals surface area contributed by atoms with Crippen molar-refractivity contribution in [1.29, 1.82) is 0 Å². The molecule has 3 nitrogen and oxygen atoms in total. The maximum atomic E-state index is 10.6. The fourth-order valence-corrected chi connectivity index (χ4v) is 3.20. The van der Waals surface area contributed by atoms with Gasteiger partial charge in [-0.2, -0.15) is 0 Å². The van der Waals surface area contributed by atoms with E-state index in [9.17, 15) is 4.79 Å². The highest BCUT2D eigenvalue weighted by atomic mass is 32.1. The van der Waals surface area contributed by atoms with Crippen LogP contribution in [0.25, 0.3) is 0 Å². The van der Waals surface area contributed by atoms with Gasteiger partial charge >= 0.3 is 0 Å². The lowest BCUT2D eigenvalue weighted by atomic mass is 9.75. The average Bonchev–Trinajstić information content (AvgIpc) is 2.76. The maximum absolute atomic E-state index is 10.6. The first-order valence-electron chi connectivity index (χ1n) is 6.16. The average molecular weight is 252 g/mol. The Balaban J connectivity index is 1.97. The molecule has 1 saturated heterocycles. The first kappa shape index (κ1) is 12.6. The highest BCUT2D eigenvalue weighted by Gasteiger charge is 2.29. The highest BCUT2D eigenvalue weighted by molar-refractivity contribution is 7.17. The summed E-state index contributed by atoms with van der Waals surface area (Å²) >= 11 is 1.49. The third-order valence-electron chi connectivity index (χ3n) is 3.62. The molecule has 0 aromatic carbocycles. The van der Waals surface area contributed by atoms with E-state index < -0.39 is 0 Å². The minimum absolute atomic E-state index is 0.406. The van der Waals surface area contributed by atoms with Crippen molar-refractivity contribution in [3.05, 3.63) is 11.1 Å². The molecule has 0 unspecified atom stereocenters. The van der Waals surface area contributed by atoms with Gasteiger partial charge in [0.2, 0.25) is 0 Å². The van der Waals surface area contributed by atoms with Gasteiger partial charge in [-0.05, 0) is 24.2 Å². The normalized spacial score (nSPS) is 18.4. The van der Waals surface area contributed by atoms with Crippen LogP contribution in [0, 0.1) is 11.3 Å². The molecule has 1 aromatic heterocycles. The Bertz CT molecular complexity index is 386. The van der Waals surface area contributed by atoms with E-state index in [1.54, 1.807) is 6.20 Å². The molecule has 4 heteroatoms. The van der Waals surface area contributed by atoms with Crippen molar-refractivity contribution < 1.29 is 4.79 Å². The number of nitrogens with zero attached hydrogens (tertiary/aromatic N) is 2. The van der Waals surface area contributed by atoms with Gasteiger partial charge in [0.05, 0.1) is 11.1 Å². The van der Waals surface area contributed by atoms with Crippen LogP contribution >= 0.6 is 11.3 Å². The monoisotopic (exact) mass is 252 g/mol. The Morgan fingerprint density at radius 3 is 2.53 bits per heavy atom. The van der Waals surface area contributed by atoms with Crippen LogP contribution < -0.4 is 4.90 Å². The Morgan fingerprint density at radius 2 is 2.06 bits per heavy atom. The van der Waals surface area contributed by atoms with Crippen molar-refractivity contribution in [2.45, 2.75) is 33.6 Å². The van der Waals surface area contributed by atoms with Crippen LogP contribution in [0.15, 0.2) is 6.20 Å². The van der Waals surface area contributed by atoms with Crippen LogP contribution in [0.1, 0.15) is 43.3 Å². The zero-order valence-corrected chi connectivity index (χ0v) is 11.6. The molecule has 0 spiro atoms. The Morgan fingerprint density at radius 1 is 1.41 bits per heavy atom. The number of rotatable bonds is 2. The molecule has 1 aliphatic heterocycles. The van der Waals surface area contributed by atoms with E-state index in [2.05, 4.69) is 30.7 Å². The van der Waals surface area contributed by atoms with Crippen LogP contribution in [0.4, 0.5) is 5.13 Å². The van der Waals surface area contributed by atoms with Crippen molar-refractivity contribution in [1.82, 2.24) is 4.98 Å². The fourth-order valence-electron chi connectivity index (χ4n) is 2.41. The quantitative estimate of drug-likeness (QED) is 0.758. The van der Waals surface area contributed by atoms with Crippen molar-refractivity contribution in [2.75, 3.05) is 18.0 Å². The van der Waals surface area contributed by atoms with E-state index in [1.165, 1.54) is 24.2 Å². The Kier molecular flexibility index (Phi) is 3.52. The van der Waals surface area contributed by atoms with Gasteiger partial charge in [0.1, 0.15) is 0 Å². The van der Waals surface area contributed by atoms with Crippen molar-refractivity contribution in [2.24, 2.45) is 11.3 Å². The van der Waals surface area contributed by atoms with Crippen LogP contribution in [0.3, 0.4) is 0 Å². The van der Waals surface area contributed by atoms with E-state index >= 15 is 0 Å². The van der Waals surface area contributed by atoms with E-state index in [0.29, 0.717) is 5.41 Å². The number of aldehydes is 1. The molecule has 94 valence electrons. The second-order valence-corrected chi connectivity index (χ2v) is 6.83. The summed E-state index contributed by atoms with van der Waals surface area (Å²) in [5.74, 6) is 0.796. The summed E-state index contributed by atoms with van der Waals surface area (Å²) in [6, 6.07) is 0. The summed E-state index contributed by atoms with van der Waals surface area (Å²) in [6.07, 6.45) is 4.99. The molecule has 17 heavy (non-hydrogen) atoms. The lowest BCUT2D eigenvalue weighted by molar-refractivity contribution is 0.112. The molecule has 0 radical (unpaired) electrons. The van der Waals surface area contributed by atoms with Gasteiger partial charge in [0.15, 0.2) is 11.4 Å². The largest absolute Gasteiger partial charge is 0.348 e. The lowest BCUT2D eigenvalue weighted by Crippen LogP contribution is -2.37. The fraction of sp³-hybridized carbons (Fsp3) is 0.692. The molecule has 0 N–H and O–H groups in total. The van der Waals surface area contributed by atoms with E-state index in [0.717, 1.165) is 35.3 Å². The first-order valence-corrected chi connectivity index (χ1v) is 6.98. The minimum atomic E-state index is 0.406. The minimum Gasteiger partial charge on any atom is -0.348 e. The SMILES string of the molecule is CC(C)(C)C1CCN(c2ncc(C=O)s2)CC1. The number of carbonyl (C=O) groups is 1. The molecule has 1 aliphatic rings. The Labute approximate surface area is 107 Å². The van der Waals surface area contributed by atoms with Gasteiger partial charge in [-0.3, -0.25) is 4.79 Å². The molecular formula is C13H20N2OS. The van der Waals surface area contributed by atoms with Gasteiger partial charge in [-0.25, -0.2) is 4.98 Å². The summed E-state index contributed by atoms with van der Waals surface area (Å²) in [5.41, 5.74) is 0.406. The third-order valence-corrected chi connectivity index (χ3v) is 4.60. The van der Waals surface area contributed by atoms with Crippen LogP contribution in [-0.4, -0.2) is 24.4 Å². The van der Waals surface area contributed by atoms with Crippen molar-refractivity contribution in [3.63, 3.8) is 0 Å². The zero-order valence-electron chi connectivity index (χ0n) is 10.8. The smallest absolute Gasteiger partial charge is 0.185 e. The standard InChI is InChI=1S/C13H20N2OS/c1-13(2,3)10-4-6-15(7-5-10)12-14-8-11(9-16)17-12/h8-10H,4-7H2,1-3H3. The van der Waals surface area contributed by atoms with Gasteiger partial charge in [-0.15, -0.1) is 0 Å². The van der Waals surface area contributed by atoms with Gasteiger partial charge in [-0.1, -0.05) is 32.1 Å². The van der Waals surface area contributed by atoms with Gasteiger partial charge in [0, 0.05) is 13.1 Å². The molecule has 2 rings (SSSR count). The molecule has 1 aromatic rings. The first-order chi connectivity index (χ1) is 8.00. The summed E-state index contributed by atoms with van der Waals surface area (Å²) < 4.78 is 0. The van der Waals surface area contributed by atoms with Crippen LogP contribution in [0.2, 0.25) is 0 Å². The van der Waals surface area contributed by atoms with Gasteiger partial charge < -0.3 is 4.90 Å². The van der Waals surface area contributed by atoms with Gasteiger partial charge in [0.25, 0.3) is 0 Å². The predicted octanol–water partition coefficient (Wildman–Crippen LogP) is 3.22. The summed E-state index contributed by atoms with van der Waals surface area (Å²) in [6.45, 7) is 9.09. The van der Waals surface area contributed by atoms with Crippen molar-refractivity contribution in [3.8, 4) is 0 Å². The topological polar surface area (TPSA) is 33.2 Å². The number of anilines is 1. The third kappa shape index (κ3) is 2.86. The number of piperidine rings is 1. The number of hydrogen-bond donors (Lipinski definition) is 0. The second kappa shape index (κ2) is 4.77. The summed E-state index contributed by atoms with van der Waals surface area (Å²) in [5, 5.41) is 0.999. The molecular weight excluding hydrogens is 232 g/mol. The molecule has 0 saturated carbocycles. The predicted molar refractivity (Wildman–Crippen MR) is 71.9 cm³/mol. The number of thiazole rings is 1. The molecule has 0 aliphatic carbocycles. The van der Waals surface area contributed by atoms with Crippen molar-refractivity contribution >= 4 is 22.8 Å². The molecule has 0 bridgehead atoms. The molecule has 2 heterocycles. The van der Waals surface area contributed by atoms with E-state index in [4.69, 9.17) is 0 Å². The molecule has 0 atom stereocenters. The lowest BCUT2D eigenvalue weighted by Gasteiger charge is -2.38. The van der Waals surface area contributed by atoms with Crippen LogP contribution in [0.5, 0.6) is 0 Å².